The van der Waals surface area contributed by atoms with Crippen molar-refractivity contribution in [3.63, 3.8) is 0 Å². The third-order valence-corrected chi connectivity index (χ3v) is 7.77. The van der Waals surface area contributed by atoms with Gasteiger partial charge in [0.1, 0.15) is 5.76 Å². The zero-order valence-corrected chi connectivity index (χ0v) is 22.3. The van der Waals surface area contributed by atoms with Crippen molar-refractivity contribution in [3.8, 4) is 0 Å². The van der Waals surface area contributed by atoms with Gasteiger partial charge in [0.15, 0.2) is 0 Å². The van der Waals surface area contributed by atoms with Crippen molar-refractivity contribution in [1.29, 1.82) is 0 Å². The fourth-order valence-corrected chi connectivity index (χ4v) is 4.75. The second-order valence-electron chi connectivity index (χ2n) is 11.5. The van der Waals surface area contributed by atoms with Crippen LogP contribution < -0.4 is 0 Å². The molecule has 0 aromatic rings. The van der Waals surface area contributed by atoms with Gasteiger partial charge >= 0.3 is 5.97 Å². The number of rotatable bonds is 16. The quantitative estimate of drug-likeness (QED) is 0.187. The van der Waals surface area contributed by atoms with Crippen molar-refractivity contribution in [2.24, 2.45) is 17.8 Å². The number of aliphatic carboxylic acids is 1. The number of aliphatic hydroxyl groups is 4. The highest BCUT2D eigenvalue weighted by atomic mass is 16.4. The molecule has 6 heteroatoms. The smallest absolute Gasteiger partial charge is 0.306 e. The largest absolute Gasteiger partial charge is 0.508 e. The average Bonchev–Trinajstić information content (AvgIpc) is 2.73. The van der Waals surface area contributed by atoms with E-state index in [-0.39, 0.29) is 11.8 Å². The number of carbonyl (C=O) groups is 1. The number of hydrogen-bond acceptors (Lipinski definition) is 5. The van der Waals surface area contributed by atoms with Gasteiger partial charge in [-0.3, -0.25) is 4.79 Å². The number of allylic oxidation sites excluding steroid dienone is 1. The fraction of sp³-hybridized carbons (Fsp3) is 0.821. The van der Waals surface area contributed by atoms with E-state index in [0.29, 0.717) is 50.2 Å². The normalized spacial score (nSPS) is 24.2. The fourth-order valence-electron chi connectivity index (χ4n) is 4.75. The Morgan fingerprint density at radius 1 is 0.971 bits per heavy atom. The van der Waals surface area contributed by atoms with Crippen molar-refractivity contribution in [2.45, 2.75) is 129 Å². The molecule has 0 aliphatic heterocycles. The van der Waals surface area contributed by atoms with E-state index in [1.54, 1.807) is 19.9 Å². The molecule has 0 radical (unpaired) electrons. The SMILES string of the molecule is CC1=C(O)C(CCC(C)CCCC(C)(O)CCCC(C)(O)CCCC(C)C(=O)O)=CC(O)C1C. The maximum atomic E-state index is 10.9. The summed E-state index contributed by atoms with van der Waals surface area (Å²) < 4.78 is 0. The molecule has 0 amide bonds. The van der Waals surface area contributed by atoms with Crippen LogP contribution in [0, 0.1) is 17.8 Å². The first-order valence-corrected chi connectivity index (χ1v) is 13.1. The van der Waals surface area contributed by atoms with E-state index in [1.165, 1.54) is 0 Å². The van der Waals surface area contributed by atoms with Crippen LogP contribution in [0.1, 0.15) is 112 Å². The van der Waals surface area contributed by atoms with E-state index in [9.17, 15) is 25.2 Å². The molecule has 6 atom stereocenters. The predicted octanol–water partition coefficient (Wildman–Crippen LogP) is 5.91. The molecular weight excluding hydrogens is 432 g/mol. The third-order valence-electron chi connectivity index (χ3n) is 7.77. The Morgan fingerprint density at radius 3 is 2.00 bits per heavy atom. The first-order chi connectivity index (χ1) is 15.6. The molecule has 198 valence electrons. The van der Waals surface area contributed by atoms with Gasteiger partial charge in [-0.05, 0) is 102 Å². The van der Waals surface area contributed by atoms with Gasteiger partial charge in [-0.2, -0.15) is 0 Å². The summed E-state index contributed by atoms with van der Waals surface area (Å²) in [7, 11) is 0. The van der Waals surface area contributed by atoms with Crippen LogP contribution in [0.2, 0.25) is 0 Å². The van der Waals surface area contributed by atoms with Crippen LogP contribution in [0.4, 0.5) is 0 Å². The maximum absolute atomic E-state index is 10.9. The molecule has 1 aliphatic carbocycles. The molecule has 0 spiro atoms. The molecule has 0 saturated carbocycles. The Morgan fingerprint density at radius 2 is 1.47 bits per heavy atom. The minimum Gasteiger partial charge on any atom is -0.508 e. The van der Waals surface area contributed by atoms with Crippen LogP contribution in [0.3, 0.4) is 0 Å². The van der Waals surface area contributed by atoms with Crippen LogP contribution in [0.5, 0.6) is 0 Å². The topological polar surface area (TPSA) is 118 Å². The molecule has 1 aliphatic rings. The third kappa shape index (κ3) is 10.9. The summed E-state index contributed by atoms with van der Waals surface area (Å²) in [4.78, 5) is 10.9. The lowest BCUT2D eigenvalue weighted by atomic mass is 9.84. The Kier molecular flexibility index (Phi) is 12.3. The van der Waals surface area contributed by atoms with Gasteiger partial charge in [0.25, 0.3) is 0 Å². The average molecular weight is 483 g/mol. The van der Waals surface area contributed by atoms with Crippen molar-refractivity contribution in [1.82, 2.24) is 0 Å². The van der Waals surface area contributed by atoms with Crippen molar-refractivity contribution < 1.29 is 30.3 Å². The van der Waals surface area contributed by atoms with Crippen molar-refractivity contribution in [2.75, 3.05) is 0 Å². The summed E-state index contributed by atoms with van der Waals surface area (Å²) in [5.74, 6) is -0.447. The lowest BCUT2D eigenvalue weighted by molar-refractivity contribution is -0.141. The predicted molar refractivity (Wildman–Crippen MR) is 137 cm³/mol. The van der Waals surface area contributed by atoms with E-state index in [0.717, 1.165) is 43.3 Å². The summed E-state index contributed by atoms with van der Waals surface area (Å²) in [6, 6.07) is 0. The molecule has 1 rings (SSSR count). The van der Waals surface area contributed by atoms with Gasteiger partial charge in [-0.15, -0.1) is 0 Å². The van der Waals surface area contributed by atoms with Crippen molar-refractivity contribution in [3.05, 3.63) is 23.0 Å². The van der Waals surface area contributed by atoms with Crippen LogP contribution in [-0.4, -0.2) is 48.8 Å². The maximum Gasteiger partial charge on any atom is 0.306 e. The second kappa shape index (κ2) is 13.6. The number of carboxylic acids is 1. The summed E-state index contributed by atoms with van der Waals surface area (Å²) in [5.41, 5.74) is 0.0898. The molecule has 0 aromatic heterocycles. The van der Waals surface area contributed by atoms with Crippen LogP contribution >= 0.6 is 0 Å². The standard InChI is InChI=1S/C28H50O6/c1-19(12-13-23-18-24(29)21(3)22(4)25(23)30)10-7-14-27(5,33)16-9-17-28(6,34)15-8-11-20(2)26(31)32/h18-21,24,29-30,33-34H,7-17H2,1-6H3,(H,31,32). The summed E-state index contributed by atoms with van der Waals surface area (Å²) >= 11 is 0. The van der Waals surface area contributed by atoms with Gasteiger partial charge in [0.2, 0.25) is 0 Å². The second-order valence-corrected chi connectivity index (χ2v) is 11.5. The molecule has 34 heavy (non-hydrogen) atoms. The molecule has 6 nitrogen and oxygen atoms in total. The van der Waals surface area contributed by atoms with Gasteiger partial charge in [-0.1, -0.05) is 33.6 Å². The number of aliphatic hydroxyl groups excluding tert-OH is 2. The lowest BCUT2D eigenvalue weighted by Crippen LogP contribution is -2.28. The highest BCUT2D eigenvalue weighted by Crippen LogP contribution is 2.32. The van der Waals surface area contributed by atoms with Gasteiger partial charge < -0.3 is 25.5 Å². The van der Waals surface area contributed by atoms with E-state index in [4.69, 9.17) is 5.11 Å². The first kappa shape index (κ1) is 30.7. The first-order valence-electron chi connectivity index (χ1n) is 13.1. The lowest BCUT2D eigenvalue weighted by Gasteiger charge is -2.28. The molecule has 0 fully saturated rings. The zero-order chi connectivity index (χ0) is 26.1. The van der Waals surface area contributed by atoms with Gasteiger partial charge in [0.05, 0.1) is 23.2 Å². The van der Waals surface area contributed by atoms with Crippen LogP contribution in [0.15, 0.2) is 23.0 Å². The molecule has 0 aromatic carbocycles. The highest BCUT2D eigenvalue weighted by molar-refractivity contribution is 5.69. The van der Waals surface area contributed by atoms with E-state index in [1.807, 2.05) is 20.8 Å². The van der Waals surface area contributed by atoms with Crippen LogP contribution in [0.25, 0.3) is 0 Å². The molecule has 0 heterocycles. The monoisotopic (exact) mass is 482 g/mol. The minimum absolute atomic E-state index is 0.0484. The molecule has 5 N–H and O–H groups in total. The Labute approximate surface area is 206 Å². The summed E-state index contributed by atoms with van der Waals surface area (Å²) in [6.45, 7) is 11.3. The van der Waals surface area contributed by atoms with Gasteiger partial charge in [0, 0.05) is 5.92 Å². The number of hydrogen-bond donors (Lipinski definition) is 5. The van der Waals surface area contributed by atoms with E-state index in [2.05, 4.69) is 6.92 Å². The zero-order valence-electron chi connectivity index (χ0n) is 22.3. The summed E-state index contributed by atoms with van der Waals surface area (Å²) in [5, 5.41) is 50.8. The molecule has 6 unspecified atom stereocenters. The Hall–Kier alpha value is -1.37. The van der Waals surface area contributed by atoms with E-state index < -0.39 is 23.3 Å². The molecule has 0 saturated heterocycles. The number of carboxylic acid groups (broad SMARTS) is 1. The Balaban J connectivity index is 2.30. The van der Waals surface area contributed by atoms with Crippen LogP contribution in [-0.2, 0) is 4.79 Å². The van der Waals surface area contributed by atoms with Gasteiger partial charge in [-0.25, -0.2) is 0 Å². The Bertz CT molecular complexity index is 706. The molecular formula is C28H50O6. The minimum atomic E-state index is -0.833. The highest BCUT2D eigenvalue weighted by Gasteiger charge is 2.26. The summed E-state index contributed by atoms with van der Waals surface area (Å²) in [6.07, 6.45) is 9.29. The van der Waals surface area contributed by atoms with E-state index >= 15 is 0 Å². The molecule has 0 bridgehead atoms. The van der Waals surface area contributed by atoms with Crippen molar-refractivity contribution >= 4 is 5.97 Å².